The Balaban J connectivity index is 1.47. The van der Waals surface area contributed by atoms with Crippen LogP contribution >= 0.6 is 22.7 Å². The van der Waals surface area contributed by atoms with Crippen molar-refractivity contribution in [2.75, 3.05) is 32.1 Å². The van der Waals surface area contributed by atoms with E-state index >= 15 is 0 Å². The molecular formula is C30H37N3O3S2. The van der Waals surface area contributed by atoms with Crippen molar-refractivity contribution in [3.8, 4) is 10.4 Å². The molecule has 0 spiro atoms. The van der Waals surface area contributed by atoms with Gasteiger partial charge in [-0.1, -0.05) is 31.9 Å². The first-order chi connectivity index (χ1) is 18.4. The van der Waals surface area contributed by atoms with E-state index in [1.807, 2.05) is 36.6 Å². The Morgan fingerprint density at radius 3 is 2.68 bits per heavy atom. The van der Waals surface area contributed by atoms with E-state index in [2.05, 4.69) is 35.2 Å². The van der Waals surface area contributed by atoms with Crippen LogP contribution in [0.15, 0.2) is 46.8 Å². The van der Waals surface area contributed by atoms with Gasteiger partial charge in [-0.05, 0) is 80.0 Å². The SMILES string of the molecule is CCOC(=O)c1sc(-c2ccc(NC(O)c3cscn3)cc2)cc1C1=C(C2CCC(C)CC2)CN(C)CC1. The van der Waals surface area contributed by atoms with E-state index in [9.17, 15) is 9.90 Å². The summed E-state index contributed by atoms with van der Waals surface area (Å²) in [5.41, 5.74) is 8.11. The number of anilines is 1. The third-order valence-electron chi connectivity index (χ3n) is 7.80. The number of carbonyl (C=O) groups is 1. The van der Waals surface area contributed by atoms with Crippen molar-refractivity contribution in [3.05, 3.63) is 62.9 Å². The molecule has 1 aliphatic carbocycles. The summed E-state index contributed by atoms with van der Waals surface area (Å²) in [6, 6.07) is 10.2. The van der Waals surface area contributed by atoms with Gasteiger partial charge < -0.3 is 20.1 Å². The van der Waals surface area contributed by atoms with Crippen LogP contribution in [0, 0.1) is 11.8 Å². The van der Waals surface area contributed by atoms with Crippen molar-refractivity contribution in [1.82, 2.24) is 9.88 Å². The van der Waals surface area contributed by atoms with Crippen molar-refractivity contribution in [3.63, 3.8) is 0 Å². The number of ether oxygens (including phenoxy) is 1. The number of hydrogen-bond acceptors (Lipinski definition) is 8. The number of rotatable bonds is 8. The summed E-state index contributed by atoms with van der Waals surface area (Å²) < 4.78 is 5.52. The van der Waals surface area contributed by atoms with E-state index in [1.165, 1.54) is 59.5 Å². The molecule has 0 amide bonds. The minimum absolute atomic E-state index is 0.230. The van der Waals surface area contributed by atoms with Crippen LogP contribution in [0.25, 0.3) is 16.0 Å². The van der Waals surface area contributed by atoms with Gasteiger partial charge in [0.05, 0.1) is 12.1 Å². The van der Waals surface area contributed by atoms with Gasteiger partial charge in [-0.3, -0.25) is 0 Å². The number of aliphatic hydroxyl groups excluding tert-OH is 1. The van der Waals surface area contributed by atoms with E-state index < -0.39 is 6.23 Å². The lowest BCUT2D eigenvalue weighted by molar-refractivity contribution is 0.0531. The van der Waals surface area contributed by atoms with Crippen molar-refractivity contribution in [2.24, 2.45) is 11.8 Å². The molecule has 0 saturated heterocycles. The predicted molar refractivity (Wildman–Crippen MR) is 157 cm³/mol. The highest BCUT2D eigenvalue weighted by atomic mass is 32.1. The highest BCUT2D eigenvalue weighted by molar-refractivity contribution is 7.17. The van der Waals surface area contributed by atoms with Crippen LogP contribution in [0.2, 0.25) is 0 Å². The topological polar surface area (TPSA) is 74.7 Å². The average molecular weight is 552 g/mol. The predicted octanol–water partition coefficient (Wildman–Crippen LogP) is 7.07. The van der Waals surface area contributed by atoms with Gasteiger partial charge >= 0.3 is 5.97 Å². The quantitative estimate of drug-likeness (QED) is 0.230. The fraction of sp³-hybridized carbons (Fsp3) is 0.467. The first-order valence-electron chi connectivity index (χ1n) is 13.6. The van der Waals surface area contributed by atoms with Gasteiger partial charge in [-0.2, -0.15) is 0 Å². The number of benzene rings is 1. The first-order valence-corrected chi connectivity index (χ1v) is 15.3. The minimum atomic E-state index is -0.853. The Hall–Kier alpha value is -2.52. The molecule has 38 heavy (non-hydrogen) atoms. The molecule has 0 radical (unpaired) electrons. The maximum atomic E-state index is 13.1. The number of aromatic nitrogens is 1. The van der Waals surface area contributed by atoms with Crippen molar-refractivity contribution in [2.45, 2.75) is 52.2 Å². The van der Waals surface area contributed by atoms with Crippen LogP contribution < -0.4 is 5.32 Å². The lowest BCUT2D eigenvalue weighted by atomic mass is 9.75. The maximum absolute atomic E-state index is 13.1. The number of hydrogen-bond donors (Lipinski definition) is 2. The van der Waals surface area contributed by atoms with Gasteiger partial charge in [0.25, 0.3) is 0 Å². The van der Waals surface area contributed by atoms with Crippen molar-refractivity contribution in [1.29, 1.82) is 0 Å². The molecule has 6 nitrogen and oxygen atoms in total. The number of aliphatic hydroxyl groups is 1. The highest BCUT2D eigenvalue weighted by Gasteiger charge is 2.30. The monoisotopic (exact) mass is 551 g/mol. The summed E-state index contributed by atoms with van der Waals surface area (Å²) in [6.07, 6.45) is 5.14. The zero-order chi connectivity index (χ0) is 26.6. The molecule has 5 rings (SSSR count). The summed E-state index contributed by atoms with van der Waals surface area (Å²) in [5.74, 6) is 1.17. The fourth-order valence-corrected chi connectivity index (χ4v) is 7.30. The van der Waals surface area contributed by atoms with E-state index in [0.29, 0.717) is 23.1 Å². The second-order valence-corrected chi connectivity index (χ2v) is 12.3. The molecule has 3 heterocycles. The van der Waals surface area contributed by atoms with Crippen LogP contribution in [0.4, 0.5) is 5.69 Å². The molecule has 1 unspecified atom stereocenters. The van der Waals surface area contributed by atoms with Gasteiger partial charge in [0.1, 0.15) is 10.6 Å². The summed E-state index contributed by atoms with van der Waals surface area (Å²) in [7, 11) is 2.20. The van der Waals surface area contributed by atoms with Crippen LogP contribution in [0.1, 0.15) is 73.1 Å². The van der Waals surface area contributed by atoms with Gasteiger partial charge in [0, 0.05) is 34.6 Å². The van der Waals surface area contributed by atoms with Gasteiger partial charge in [-0.25, -0.2) is 9.78 Å². The second-order valence-electron chi connectivity index (χ2n) is 10.6. The Labute approximate surface area is 233 Å². The van der Waals surface area contributed by atoms with Crippen LogP contribution in [-0.4, -0.2) is 47.7 Å². The molecule has 1 saturated carbocycles. The zero-order valence-electron chi connectivity index (χ0n) is 22.4. The molecule has 1 aliphatic heterocycles. The number of likely N-dealkylation sites (N-methyl/N-ethyl adjacent to an activating group) is 1. The number of nitrogens with zero attached hydrogens (tertiary/aromatic N) is 2. The fourth-order valence-electron chi connectivity index (χ4n) is 5.65. The number of carbonyl (C=O) groups excluding carboxylic acids is 1. The summed E-state index contributed by atoms with van der Waals surface area (Å²) in [6.45, 7) is 6.56. The van der Waals surface area contributed by atoms with E-state index in [0.717, 1.165) is 47.1 Å². The summed E-state index contributed by atoms with van der Waals surface area (Å²) in [5, 5.41) is 15.3. The molecule has 2 aromatic heterocycles. The third kappa shape index (κ3) is 6.04. The Morgan fingerprint density at radius 2 is 2.00 bits per heavy atom. The lowest BCUT2D eigenvalue weighted by Gasteiger charge is -2.35. The van der Waals surface area contributed by atoms with Gasteiger partial charge in [0.15, 0.2) is 6.23 Å². The smallest absolute Gasteiger partial charge is 0.348 e. The van der Waals surface area contributed by atoms with Gasteiger partial charge in [-0.15, -0.1) is 22.7 Å². The maximum Gasteiger partial charge on any atom is 0.348 e. The molecule has 202 valence electrons. The lowest BCUT2D eigenvalue weighted by Crippen LogP contribution is -2.31. The molecule has 1 aromatic carbocycles. The van der Waals surface area contributed by atoms with Crippen LogP contribution in [-0.2, 0) is 4.74 Å². The van der Waals surface area contributed by atoms with Crippen LogP contribution in [0.5, 0.6) is 0 Å². The molecule has 2 N–H and O–H groups in total. The normalized spacial score (nSPS) is 21.4. The number of thiophene rings is 1. The van der Waals surface area contributed by atoms with E-state index in [-0.39, 0.29) is 5.97 Å². The van der Waals surface area contributed by atoms with Crippen molar-refractivity contribution < 1.29 is 14.6 Å². The zero-order valence-corrected chi connectivity index (χ0v) is 24.0. The number of thiazole rings is 1. The molecule has 1 atom stereocenters. The minimum Gasteiger partial charge on any atom is -0.462 e. The van der Waals surface area contributed by atoms with E-state index in [1.54, 1.807) is 5.51 Å². The van der Waals surface area contributed by atoms with Gasteiger partial charge in [0.2, 0.25) is 0 Å². The first kappa shape index (κ1) is 27.1. The number of nitrogens with one attached hydrogen (secondary N) is 1. The average Bonchev–Trinajstić information content (AvgIpc) is 3.61. The molecule has 2 aliphatic rings. The number of esters is 1. The molecule has 3 aromatic rings. The molecular weight excluding hydrogens is 514 g/mol. The molecule has 8 heteroatoms. The molecule has 0 bridgehead atoms. The Bertz CT molecular complexity index is 1260. The second kappa shape index (κ2) is 12.1. The highest BCUT2D eigenvalue weighted by Crippen LogP contribution is 2.43. The Kier molecular flexibility index (Phi) is 8.63. The van der Waals surface area contributed by atoms with E-state index in [4.69, 9.17) is 4.74 Å². The van der Waals surface area contributed by atoms with Crippen LogP contribution in [0.3, 0.4) is 0 Å². The standard InChI is InChI=1S/C30H37N3O3S2/c1-4-36-30(35)28-24(23-13-14-33(3)16-25(23)20-7-5-19(2)6-8-20)15-27(38-28)21-9-11-22(12-10-21)32-29(34)26-17-37-18-31-26/h9-12,15,17-20,29,32,34H,4-8,13-14,16H2,1-3H3. The largest absolute Gasteiger partial charge is 0.462 e. The van der Waals surface area contributed by atoms with Crippen molar-refractivity contribution >= 4 is 39.9 Å². The Morgan fingerprint density at radius 1 is 1.24 bits per heavy atom. The summed E-state index contributed by atoms with van der Waals surface area (Å²) >= 11 is 2.98. The third-order valence-corrected chi connectivity index (χ3v) is 9.57. The summed E-state index contributed by atoms with van der Waals surface area (Å²) in [4.78, 5) is 21.5. The molecule has 1 fully saturated rings.